The number of anilines is 2. The fraction of sp³-hybridized carbons (Fsp3) is 0.0952. The maximum absolute atomic E-state index is 15.2. The van der Waals surface area contributed by atoms with Gasteiger partial charge < -0.3 is 16.2 Å². The summed E-state index contributed by atoms with van der Waals surface area (Å²) in [5.74, 6) is -4.69. The van der Waals surface area contributed by atoms with Crippen molar-refractivity contribution < 1.29 is 22.8 Å². The molecule has 0 bridgehead atoms. The van der Waals surface area contributed by atoms with Gasteiger partial charge in [0.05, 0.1) is 11.9 Å². The average Bonchev–Trinajstić information content (AvgIpc) is 3.21. The van der Waals surface area contributed by atoms with Crippen molar-refractivity contribution in [3.8, 4) is 11.3 Å². The lowest BCUT2D eigenvalue weighted by atomic mass is 10.1. The number of nitrogens with zero attached hydrogens (tertiary/aromatic N) is 3. The highest BCUT2D eigenvalue weighted by Gasteiger charge is 2.24. The predicted molar refractivity (Wildman–Crippen MR) is 118 cm³/mol. The highest BCUT2D eigenvalue weighted by molar-refractivity contribution is 6.30. The first-order valence-electron chi connectivity index (χ1n) is 10.5. The van der Waals surface area contributed by atoms with Crippen LogP contribution < -0.4 is 11.1 Å². The number of carbonyl (C=O) groups is 1. The molecule has 4 N–H and O–H groups in total. The van der Waals surface area contributed by atoms with E-state index in [-0.39, 0.29) is 32.8 Å². The Kier molecular flexibility index (Phi) is 4.78. The summed E-state index contributed by atoms with van der Waals surface area (Å²) in [6.07, 6.45) is -0.603. The summed E-state index contributed by atoms with van der Waals surface area (Å²) in [4.78, 5) is 20.2. The van der Waals surface area contributed by atoms with Crippen molar-refractivity contribution in [1.29, 1.82) is 0 Å². The number of rotatable bonds is 4. The molecule has 11 heteroatoms. The zero-order chi connectivity index (χ0) is 25.7. The Labute approximate surface area is 194 Å². The van der Waals surface area contributed by atoms with Gasteiger partial charge in [-0.25, -0.2) is 18.7 Å². The Balaban J connectivity index is 1.76. The van der Waals surface area contributed by atoms with Crippen LogP contribution in [0.4, 0.5) is 20.3 Å². The molecule has 0 aliphatic heterocycles. The highest BCUT2D eigenvalue weighted by Crippen LogP contribution is 2.34. The Bertz CT molecular complexity index is 1480. The Morgan fingerprint density at radius 2 is 2.06 bits per heavy atom. The summed E-state index contributed by atoms with van der Waals surface area (Å²) >= 11 is 11.9. The second-order valence-electron chi connectivity index (χ2n) is 6.67. The van der Waals surface area contributed by atoms with Crippen LogP contribution in [0.25, 0.3) is 16.8 Å². The van der Waals surface area contributed by atoms with E-state index in [1.54, 1.807) is 0 Å². The molecule has 32 heavy (non-hydrogen) atoms. The molecule has 7 nitrogen and oxygen atoms in total. The number of aromatic nitrogens is 3. The lowest BCUT2D eigenvalue weighted by Gasteiger charge is -2.13. The number of benzene rings is 2. The highest BCUT2D eigenvalue weighted by atomic mass is 35.5. The number of nitrogens with one attached hydrogen (secondary N) is 1. The molecule has 0 fully saturated rings. The third-order valence-corrected chi connectivity index (χ3v) is 5.15. The summed E-state index contributed by atoms with van der Waals surface area (Å²) in [6.45, 7) is -2.77. The molecule has 0 spiro atoms. The number of hydrogen-bond acceptors (Lipinski definition) is 5. The molecule has 2 aromatic heterocycles. The number of aliphatic hydroxyl groups excluding tert-OH is 1. The van der Waals surface area contributed by atoms with Crippen molar-refractivity contribution in [1.82, 2.24) is 14.4 Å². The predicted octanol–water partition coefficient (Wildman–Crippen LogP) is 4.54. The summed E-state index contributed by atoms with van der Waals surface area (Å²) in [6, 6.07) is 7.94. The number of fused-ring (bicyclic) bond motifs is 1. The number of nitrogens with two attached hydrogens (primary N) is 1. The summed E-state index contributed by atoms with van der Waals surface area (Å²) in [7, 11) is 0. The van der Waals surface area contributed by atoms with Crippen molar-refractivity contribution in [2.24, 2.45) is 0 Å². The number of aliphatic hydroxyl groups is 1. The van der Waals surface area contributed by atoms with E-state index in [2.05, 4.69) is 15.3 Å². The number of hydrogen-bond donors (Lipinski definition) is 3. The number of aryl methyl sites for hydroxylation is 1. The minimum atomic E-state index is -2.77. The normalized spacial score (nSPS) is 14.0. The quantitative estimate of drug-likeness (QED) is 0.397. The minimum absolute atomic E-state index is 0.130. The number of imidazole rings is 1. The van der Waals surface area contributed by atoms with Crippen LogP contribution in [0.5, 0.6) is 0 Å². The number of amides is 1. The maximum Gasteiger partial charge on any atom is 0.257 e. The molecule has 0 radical (unpaired) electrons. The van der Waals surface area contributed by atoms with Crippen LogP contribution in [0.2, 0.25) is 10.2 Å². The van der Waals surface area contributed by atoms with Crippen LogP contribution in [0, 0.1) is 18.5 Å². The SMILES string of the molecule is [2H]C([2H])([2H])c1nc(-c2ccc(NC(=O)[C@@H](O)c3cccc(Cl)c3)c(F)c2F)c2c(N)ncc(Cl)n12. The van der Waals surface area contributed by atoms with Gasteiger partial charge in [-0.2, -0.15) is 0 Å². The van der Waals surface area contributed by atoms with Gasteiger partial charge in [-0.15, -0.1) is 0 Å². The fourth-order valence-electron chi connectivity index (χ4n) is 3.15. The van der Waals surface area contributed by atoms with Crippen molar-refractivity contribution in [3.63, 3.8) is 0 Å². The van der Waals surface area contributed by atoms with E-state index in [1.807, 2.05) is 0 Å². The van der Waals surface area contributed by atoms with E-state index in [9.17, 15) is 14.3 Å². The molecule has 0 aliphatic carbocycles. The minimum Gasteiger partial charge on any atom is -0.382 e. The van der Waals surface area contributed by atoms with Gasteiger partial charge in [-0.05, 0) is 36.7 Å². The van der Waals surface area contributed by atoms with Gasteiger partial charge in [0, 0.05) is 14.7 Å². The molecule has 4 aromatic rings. The van der Waals surface area contributed by atoms with E-state index in [0.717, 1.165) is 22.7 Å². The molecule has 0 unspecified atom stereocenters. The monoisotopic (exact) mass is 480 g/mol. The summed E-state index contributed by atoms with van der Waals surface area (Å²) in [5, 5.41) is 12.5. The lowest BCUT2D eigenvalue weighted by Crippen LogP contribution is -2.21. The van der Waals surface area contributed by atoms with Crippen molar-refractivity contribution >= 4 is 46.1 Å². The molecule has 4 rings (SSSR count). The zero-order valence-corrected chi connectivity index (χ0v) is 17.4. The van der Waals surface area contributed by atoms with Crippen LogP contribution in [0.3, 0.4) is 0 Å². The van der Waals surface area contributed by atoms with Gasteiger partial charge in [0.25, 0.3) is 5.91 Å². The summed E-state index contributed by atoms with van der Waals surface area (Å²) in [5.41, 5.74) is 4.57. The third kappa shape index (κ3) is 3.75. The number of halogens is 4. The second kappa shape index (κ2) is 8.34. The van der Waals surface area contributed by atoms with Gasteiger partial charge in [0.15, 0.2) is 17.7 Å². The lowest BCUT2D eigenvalue weighted by molar-refractivity contribution is -0.124. The smallest absolute Gasteiger partial charge is 0.257 e. The van der Waals surface area contributed by atoms with Gasteiger partial charge in [-0.1, -0.05) is 35.3 Å². The Morgan fingerprint density at radius 1 is 1.28 bits per heavy atom. The molecular formula is C21H15Cl2F2N5O2. The van der Waals surface area contributed by atoms with Crippen LogP contribution in [-0.2, 0) is 4.79 Å². The molecule has 0 aliphatic rings. The number of nitrogen functional groups attached to an aromatic ring is 1. The van der Waals surface area contributed by atoms with Gasteiger partial charge >= 0.3 is 0 Å². The van der Waals surface area contributed by atoms with E-state index in [0.29, 0.717) is 0 Å². The van der Waals surface area contributed by atoms with Crippen LogP contribution in [0.15, 0.2) is 42.6 Å². The molecule has 0 saturated carbocycles. The Hall–Kier alpha value is -3.27. The molecule has 2 aromatic carbocycles. The average molecular weight is 481 g/mol. The zero-order valence-electron chi connectivity index (χ0n) is 18.9. The van der Waals surface area contributed by atoms with Crippen molar-refractivity contribution in [2.75, 3.05) is 11.1 Å². The summed E-state index contributed by atoms with van der Waals surface area (Å²) < 4.78 is 54.2. The standard InChI is InChI=1S/C21H15Cl2F2N5O2/c1-9-28-17(18-20(26)27-8-14(23)30(9)18)12-5-6-13(16(25)15(12)24)29-21(32)19(31)10-3-2-4-11(22)7-10/h2-8,19,31H,1H3,(H2,26,27)(H,29,32)/t19-/m0/s1/i1D3. The van der Waals surface area contributed by atoms with E-state index < -0.39 is 47.6 Å². The largest absolute Gasteiger partial charge is 0.382 e. The van der Waals surface area contributed by atoms with Gasteiger partial charge in [0.1, 0.15) is 28.0 Å². The topological polar surface area (TPSA) is 106 Å². The molecule has 2 heterocycles. The van der Waals surface area contributed by atoms with E-state index in [1.165, 1.54) is 24.3 Å². The van der Waals surface area contributed by atoms with Crippen molar-refractivity contribution in [2.45, 2.75) is 13.0 Å². The second-order valence-corrected chi connectivity index (χ2v) is 7.49. The maximum atomic E-state index is 15.2. The van der Waals surface area contributed by atoms with E-state index in [4.69, 9.17) is 33.0 Å². The van der Waals surface area contributed by atoms with Gasteiger partial charge in [-0.3, -0.25) is 9.20 Å². The molecule has 1 atom stereocenters. The van der Waals surface area contributed by atoms with E-state index >= 15 is 4.39 Å². The van der Waals surface area contributed by atoms with Crippen LogP contribution >= 0.6 is 23.2 Å². The molecule has 0 saturated heterocycles. The first-order valence-corrected chi connectivity index (χ1v) is 9.71. The van der Waals surface area contributed by atoms with Crippen LogP contribution in [-0.4, -0.2) is 25.4 Å². The first kappa shape index (κ1) is 18.3. The van der Waals surface area contributed by atoms with Crippen LogP contribution in [0.1, 0.15) is 21.6 Å². The molecule has 164 valence electrons. The Morgan fingerprint density at radius 3 is 2.78 bits per heavy atom. The third-order valence-electron chi connectivity index (χ3n) is 4.65. The van der Waals surface area contributed by atoms with Crippen molar-refractivity contribution in [3.05, 3.63) is 75.8 Å². The molecular weight excluding hydrogens is 463 g/mol. The molecule has 1 amide bonds. The fourth-order valence-corrected chi connectivity index (χ4v) is 3.56. The number of carbonyl (C=O) groups excluding carboxylic acids is 1. The van der Waals surface area contributed by atoms with Gasteiger partial charge in [0.2, 0.25) is 0 Å². The first-order chi connectivity index (χ1) is 16.4.